The number of likely N-dealkylation sites (tertiary alicyclic amines) is 1. The molecule has 5 rings (SSSR count). The van der Waals surface area contributed by atoms with Crippen molar-refractivity contribution in [1.82, 2.24) is 19.2 Å². The van der Waals surface area contributed by atoms with Crippen molar-refractivity contribution in [2.75, 3.05) is 19.7 Å². The van der Waals surface area contributed by atoms with E-state index >= 15 is 0 Å². The standard InChI is InChI=1S/C24H29ClN4O6S/c1-24(2,3)35-23(31)28-12-9-16(10-13-28)11-14-34-20-18-19(25)26-22(27-20)36(32,33)29(21(18)30)15-17-7-5-4-6-8-17/h4-8,16H,9-15H2,1-3H3. The Bertz CT molecular complexity index is 1240. The first-order valence-electron chi connectivity index (χ1n) is 11.7. The highest BCUT2D eigenvalue weighted by Gasteiger charge is 2.41. The number of aromatic nitrogens is 2. The number of rotatable bonds is 6. The maximum Gasteiger partial charge on any atom is 0.410 e. The van der Waals surface area contributed by atoms with Gasteiger partial charge >= 0.3 is 16.1 Å². The molecule has 4 heterocycles. The topological polar surface area (TPSA) is 119 Å². The van der Waals surface area contributed by atoms with Crippen LogP contribution >= 0.6 is 11.6 Å². The SMILES string of the molecule is CC(C)(C)OC(=O)N1CCC(CCOc2nc3nc(Cl)c2C(=O)N(Cc2ccccc2)S3(=O)=O)CC1. The zero-order valence-corrected chi connectivity index (χ0v) is 22.0. The minimum atomic E-state index is -4.30. The Morgan fingerprint density at radius 2 is 1.81 bits per heavy atom. The van der Waals surface area contributed by atoms with Crippen LogP contribution in [0.5, 0.6) is 5.88 Å². The third-order valence-electron chi connectivity index (χ3n) is 5.97. The van der Waals surface area contributed by atoms with Crippen LogP contribution in [0.15, 0.2) is 35.5 Å². The molecule has 12 heteroatoms. The average Bonchev–Trinajstić information content (AvgIpc) is 2.92. The van der Waals surface area contributed by atoms with Crippen molar-refractivity contribution in [3.63, 3.8) is 0 Å². The van der Waals surface area contributed by atoms with Crippen LogP contribution < -0.4 is 4.74 Å². The second-order valence-corrected chi connectivity index (χ2v) is 11.9. The molecule has 0 radical (unpaired) electrons. The number of hydrogen-bond acceptors (Lipinski definition) is 8. The maximum atomic E-state index is 13.2. The van der Waals surface area contributed by atoms with E-state index in [0.717, 1.165) is 17.1 Å². The molecule has 1 saturated heterocycles. The molecule has 3 aliphatic rings. The Labute approximate surface area is 215 Å². The van der Waals surface area contributed by atoms with E-state index in [1.807, 2.05) is 20.8 Å². The molecule has 1 fully saturated rings. The normalized spacial score (nSPS) is 17.7. The van der Waals surface area contributed by atoms with Gasteiger partial charge < -0.3 is 14.4 Å². The number of carbonyl (C=O) groups is 2. The lowest BCUT2D eigenvalue weighted by atomic mass is 9.94. The summed E-state index contributed by atoms with van der Waals surface area (Å²) in [5, 5.41) is -0.830. The molecule has 0 saturated carbocycles. The summed E-state index contributed by atoms with van der Waals surface area (Å²) in [4.78, 5) is 35.0. The highest BCUT2D eigenvalue weighted by atomic mass is 35.5. The summed E-state index contributed by atoms with van der Waals surface area (Å²) >= 11 is 6.19. The molecular weight excluding hydrogens is 508 g/mol. The van der Waals surface area contributed by atoms with Gasteiger partial charge in [-0.2, -0.15) is 13.4 Å². The van der Waals surface area contributed by atoms with E-state index in [4.69, 9.17) is 21.1 Å². The summed E-state index contributed by atoms with van der Waals surface area (Å²) in [6.45, 7) is 6.71. The molecule has 0 unspecified atom stereocenters. The molecule has 0 aliphatic carbocycles. The van der Waals surface area contributed by atoms with Crippen molar-refractivity contribution in [2.45, 2.75) is 57.3 Å². The third kappa shape index (κ3) is 5.73. The van der Waals surface area contributed by atoms with Crippen LogP contribution in [-0.4, -0.2) is 64.9 Å². The lowest BCUT2D eigenvalue weighted by molar-refractivity contribution is 0.0177. The third-order valence-corrected chi connectivity index (χ3v) is 7.77. The number of fused-ring (bicyclic) bond motifs is 4. The summed E-state index contributed by atoms with van der Waals surface area (Å²) in [6, 6.07) is 8.75. The Morgan fingerprint density at radius 1 is 1.14 bits per heavy atom. The predicted molar refractivity (Wildman–Crippen MR) is 131 cm³/mol. The number of halogens is 1. The molecule has 1 aromatic carbocycles. The monoisotopic (exact) mass is 536 g/mol. The summed E-state index contributed by atoms with van der Waals surface area (Å²) in [7, 11) is -4.30. The molecule has 194 valence electrons. The van der Waals surface area contributed by atoms with Crippen LogP contribution in [0.2, 0.25) is 5.15 Å². The van der Waals surface area contributed by atoms with Gasteiger partial charge in [0.05, 0.1) is 13.2 Å². The molecule has 3 aliphatic heterocycles. The lowest BCUT2D eigenvalue weighted by Gasteiger charge is -2.33. The van der Waals surface area contributed by atoms with Gasteiger partial charge in [0.1, 0.15) is 11.2 Å². The minimum Gasteiger partial charge on any atom is -0.477 e. The first kappa shape index (κ1) is 26.2. The molecule has 10 nitrogen and oxygen atoms in total. The second kappa shape index (κ2) is 10.2. The molecule has 0 atom stereocenters. The molecule has 2 amide bonds. The van der Waals surface area contributed by atoms with Gasteiger partial charge in [0.2, 0.25) is 5.88 Å². The fraction of sp³-hybridized carbons (Fsp3) is 0.500. The van der Waals surface area contributed by atoms with Crippen LogP contribution in [0.4, 0.5) is 4.79 Å². The predicted octanol–water partition coefficient (Wildman–Crippen LogP) is 3.89. The number of nitrogens with zero attached hydrogens (tertiary/aromatic N) is 4. The van der Waals surface area contributed by atoms with E-state index in [2.05, 4.69) is 9.97 Å². The smallest absolute Gasteiger partial charge is 0.410 e. The van der Waals surface area contributed by atoms with Gasteiger partial charge in [0.25, 0.3) is 11.1 Å². The van der Waals surface area contributed by atoms with Crippen LogP contribution in [0.25, 0.3) is 0 Å². The van der Waals surface area contributed by atoms with Gasteiger partial charge in [-0.25, -0.2) is 14.1 Å². The van der Waals surface area contributed by atoms with Crippen molar-refractivity contribution in [3.05, 3.63) is 46.6 Å². The van der Waals surface area contributed by atoms with Gasteiger partial charge in [-0.15, -0.1) is 0 Å². The lowest BCUT2D eigenvalue weighted by Crippen LogP contribution is -2.41. The van der Waals surface area contributed by atoms with Crippen molar-refractivity contribution in [2.24, 2.45) is 5.92 Å². The molecule has 2 aromatic rings. The maximum absolute atomic E-state index is 13.2. The van der Waals surface area contributed by atoms with Gasteiger partial charge in [-0.1, -0.05) is 41.9 Å². The summed E-state index contributed by atoms with van der Waals surface area (Å²) in [5.74, 6) is -0.673. The Kier molecular flexibility index (Phi) is 7.42. The zero-order chi connectivity index (χ0) is 26.1. The molecule has 0 N–H and O–H groups in total. The van der Waals surface area contributed by atoms with E-state index in [-0.39, 0.29) is 35.8 Å². The van der Waals surface area contributed by atoms with Crippen molar-refractivity contribution in [3.8, 4) is 5.88 Å². The number of ether oxygens (including phenoxy) is 2. The van der Waals surface area contributed by atoms with Crippen LogP contribution in [0.1, 0.15) is 56.0 Å². The molecule has 0 spiro atoms. The second-order valence-electron chi connectivity index (χ2n) is 9.83. The zero-order valence-electron chi connectivity index (χ0n) is 20.4. The average molecular weight is 537 g/mol. The summed E-state index contributed by atoms with van der Waals surface area (Å²) < 4.78 is 38.1. The van der Waals surface area contributed by atoms with Gasteiger partial charge in [0.15, 0.2) is 5.15 Å². The molecule has 36 heavy (non-hydrogen) atoms. The van der Waals surface area contributed by atoms with E-state index in [9.17, 15) is 18.0 Å². The van der Waals surface area contributed by atoms with E-state index in [1.165, 1.54) is 0 Å². The molecule has 2 bridgehead atoms. The first-order valence-corrected chi connectivity index (χ1v) is 13.6. The van der Waals surface area contributed by atoms with Gasteiger partial charge in [-0.3, -0.25) is 4.79 Å². The highest BCUT2D eigenvalue weighted by molar-refractivity contribution is 7.89. The van der Waals surface area contributed by atoms with Crippen LogP contribution in [-0.2, 0) is 21.3 Å². The van der Waals surface area contributed by atoms with E-state index in [1.54, 1.807) is 35.2 Å². The summed E-state index contributed by atoms with van der Waals surface area (Å²) in [5.41, 5.74) is -0.0759. The number of carbonyl (C=O) groups excluding carboxylic acids is 2. The number of benzene rings is 1. The van der Waals surface area contributed by atoms with E-state index in [0.29, 0.717) is 31.0 Å². The minimum absolute atomic E-state index is 0.139. The Morgan fingerprint density at radius 3 is 2.44 bits per heavy atom. The molecule has 1 aromatic heterocycles. The number of piperidine rings is 1. The number of sulfonamides is 1. The number of hydrogen-bond donors (Lipinski definition) is 0. The van der Waals surface area contributed by atoms with Crippen molar-refractivity contribution >= 4 is 33.6 Å². The van der Waals surface area contributed by atoms with Crippen molar-refractivity contribution in [1.29, 1.82) is 0 Å². The largest absolute Gasteiger partial charge is 0.477 e. The van der Waals surface area contributed by atoms with E-state index < -0.39 is 26.7 Å². The van der Waals surface area contributed by atoms with Crippen LogP contribution in [0.3, 0.4) is 0 Å². The quantitative estimate of drug-likeness (QED) is 0.403. The van der Waals surface area contributed by atoms with Gasteiger partial charge in [0, 0.05) is 13.1 Å². The summed E-state index contributed by atoms with van der Waals surface area (Å²) in [6.07, 6.45) is 1.89. The van der Waals surface area contributed by atoms with Gasteiger partial charge in [-0.05, 0) is 51.5 Å². The van der Waals surface area contributed by atoms with Crippen LogP contribution in [0, 0.1) is 5.92 Å². The Hall–Kier alpha value is -2.92. The van der Waals surface area contributed by atoms with Crippen molar-refractivity contribution < 1.29 is 27.5 Å². The highest BCUT2D eigenvalue weighted by Crippen LogP contribution is 2.34. The number of amides is 2. The Balaban J connectivity index is 1.40. The fourth-order valence-corrected chi connectivity index (χ4v) is 5.61. The first-order chi connectivity index (χ1) is 17.0. The fourth-order valence-electron chi connectivity index (χ4n) is 4.09. The molecular formula is C24H29ClN4O6S.